The zero-order valence-corrected chi connectivity index (χ0v) is 16.0. The van der Waals surface area contributed by atoms with Crippen molar-refractivity contribution >= 4 is 17.7 Å². The largest absolute Gasteiger partial charge is 0.325 e. The minimum absolute atomic E-state index is 0.229. The highest BCUT2D eigenvalue weighted by Crippen LogP contribution is 2.39. The van der Waals surface area contributed by atoms with Crippen molar-refractivity contribution in [1.82, 2.24) is 10.2 Å². The summed E-state index contributed by atoms with van der Waals surface area (Å²) in [5.74, 6) is -0.548. The van der Waals surface area contributed by atoms with Gasteiger partial charge in [-0.1, -0.05) is 61.9 Å². The Bertz CT molecular complexity index is 935. The van der Waals surface area contributed by atoms with E-state index in [0.717, 1.165) is 41.7 Å². The van der Waals surface area contributed by atoms with Gasteiger partial charge in [0.15, 0.2) is 5.78 Å². The van der Waals surface area contributed by atoms with Gasteiger partial charge in [-0.3, -0.25) is 14.5 Å². The zero-order chi connectivity index (χ0) is 19.7. The number of amides is 3. The van der Waals surface area contributed by atoms with E-state index in [9.17, 15) is 14.4 Å². The Kier molecular flexibility index (Phi) is 4.75. The number of carbonyl (C=O) groups excluding carboxylic acids is 3. The number of imide groups is 1. The first-order valence-electron chi connectivity index (χ1n) is 9.90. The lowest BCUT2D eigenvalue weighted by Crippen LogP contribution is -2.46. The number of Topliss-reactive ketones (excluding diaryl/α,β-unsaturated/α-hetero) is 1. The molecule has 0 aromatic heterocycles. The quantitative estimate of drug-likeness (QED) is 0.640. The van der Waals surface area contributed by atoms with E-state index in [4.69, 9.17) is 0 Å². The molecule has 1 spiro atoms. The van der Waals surface area contributed by atoms with Crippen LogP contribution in [0.15, 0.2) is 48.5 Å². The number of nitrogens with zero attached hydrogens (tertiary/aromatic N) is 1. The number of ketones is 1. The third-order valence-electron chi connectivity index (χ3n) is 5.77. The predicted molar refractivity (Wildman–Crippen MR) is 106 cm³/mol. The van der Waals surface area contributed by atoms with Crippen LogP contribution in [0.2, 0.25) is 0 Å². The fourth-order valence-electron chi connectivity index (χ4n) is 4.34. The van der Waals surface area contributed by atoms with Crippen molar-refractivity contribution in [2.45, 2.75) is 44.6 Å². The molecule has 2 aliphatic rings. The lowest BCUT2D eigenvalue weighted by Gasteiger charge is -2.33. The maximum Gasteiger partial charge on any atom is 0.325 e. The summed E-state index contributed by atoms with van der Waals surface area (Å²) >= 11 is 0. The molecule has 144 valence electrons. The van der Waals surface area contributed by atoms with Crippen molar-refractivity contribution in [3.63, 3.8) is 0 Å². The van der Waals surface area contributed by atoms with E-state index in [1.54, 1.807) is 12.1 Å². The van der Waals surface area contributed by atoms with Crippen LogP contribution in [0.3, 0.4) is 0 Å². The summed E-state index contributed by atoms with van der Waals surface area (Å²) in [6.07, 6.45) is 4.28. The van der Waals surface area contributed by atoms with Crippen LogP contribution in [0.4, 0.5) is 4.79 Å². The van der Waals surface area contributed by atoms with Crippen molar-refractivity contribution in [2.75, 3.05) is 6.54 Å². The minimum atomic E-state index is -1.03. The molecule has 2 aromatic rings. The first kappa shape index (κ1) is 18.4. The second-order valence-electron chi connectivity index (χ2n) is 7.61. The molecular weight excluding hydrogens is 352 g/mol. The SMILES string of the molecule is CCCc1ccc(C(=O)CN2C(=O)N[C@]3(CCCc4ccccc43)C2=O)cc1. The number of urea groups is 1. The maximum atomic E-state index is 13.3. The summed E-state index contributed by atoms with van der Waals surface area (Å²) in [6.45, 7) is 1.87. The Balaban J connectivity index is 1.56. The van der Waals surface area contributed by atoms with Crippen LogP contribution in [0.25, 0.3) is 0 Å². The van der Waals surface area contributed by atoms with Gasteiger partial charge < -0.3 is 5.32 Å². The highest BCUT2D eigenvalue weighted by molar-refractivity contribution is 6.11. The standard InChI is InChI=1S/C23H24N2O3/c1-2-6-16-10-12-18(13-11-16)20(26)15-25-21(27)23(24-22(25)28)14-5-8-17-7-3-4-9-19(17)23/h3-4,7,9-13H,2,5-6,8,14-15H2,1H3,(H,24,28)/t23-/m0/s1. The molecule has 28 heavy (non-hydrogen) atoms. The van der Waals surface area contributed by atoms with Crippen molar-refractivity contribution in [3.8, 4) is 0 Å². The van der Waals surface area contributed by atoms with E-state index in [0.29, 0.717) is 12.0 Å². The summed E-state index contributed by atoms with van der Waals surface area (Å²) in [4.78, 5) is 39.6. The summed E-state index contributed by atoms with van der Waals surface area (Å²) in [7, 11) is 0. The van der Waals surface area contributed by atoms with Gasteiger partial charge in [0.1, 0.15) is 5.54 Å². The number of hydrogen-bond acceptors (Lipinski definition) is 3. The van der Waals surface area contributed by atoms with Crippen molar-refractivity contribution in [3.05, 3.63) is 70.8 Å². The zero-order valence-electron chi connectivity index (χ0n) is 16.0. The number of benzene rings is 2. The van der Waals surface area contributed by atoms with Crippen LogP contribution >= 0.6 is 0 Å². The normalized spacial score (nSPS) is 21.0. The molecular formula is C23H24N2O3. The van der Waals surface area contributed by atoms with Gasteiger partial charge >= 0.3 is 6.03 Å². The van der Waals surface area contributed by atoms with Crippen molar-refractivity contribution in [1.29, 1.82) is 0 Å². The molecule has 1 aliphatic carbocycles. The molecule has 3 amide bonds. The van der Waals surface area contributed by atoms with E-state index in [1.165, 1.54) is 5.56 Å². The Labute approximate surface area is 164 Å². The van der Waals surface area contributed by atoms with Crippen molar-refractivity contribution in [2.24, 2.45) is 0 Å². The number of carbonyl (C=O) groups is 3. The molecule has 5 nitrogen and oxygen atoms in total. The molecule has 1 N–H and O–H groups in total. The van der Waals surface area contributed by atoms with E-state index in [2.05, 4.69) is 12.2 Å². The lowest BCUT2D eigenvalue weighted by atomic mass is 9.76. The average Bonchev–Trinajstić information content (AvgIpc) is 2.94. The number of rotatable bonds is 5. The molecule has 1 saturated heterocycles. The third-order valence-corrected chi connectivity index (χ3v) is 5.77. The van der Waals surface area contributed by atoms with Gasteiger partial charge in [0.2, 0.25) is 0 Å². The fraction of sp³-hybridized carbons (Fsp3) is 0.348. The van der Waals surface area contributed by atoms with Gasteiger partial charge in [-0.15, -0.1) is 0 Å². The van der Waals surface area contributed by atoms with Gasteiger partial charge in [-0.2, -0.15) is 0 Å². The molecule has 0 radical (unpaired) electrons. The predicted octanol–water partition coefficient (Wildman–Crippen LogP) is 3.61. The van der Waals surface area contributed by atoms with Gasteiger partial charge in [0.05, 0.1) is 6.54 Å². The molecule has 0 saturated carbocycles. The second kappa shape index (κ2) is 7.23. The van der Waals surface area contributed by atoms with Crippen LogP contribution in [-0.2, 0) is 23.2 Å². The number of hydrogen-bond donors (Lipinski definition) is 1. The topological polar surface area (TPSA) is 66.5 Å². The first-order chi connectivity index (χ1) is 13.5. The van der Waals surface area contributed by atoms with Gasteiger partial charge in [0, 0.05) is 5.56 Å². The monoisotopic (exact) mass is 376 g/mol. The maximum absolute atomic E-state index is 13.3. The van der Waals surface area contributed by atoms with Crippen molar-refractivity contribution < 1.29 is 14.4 Å². The Morgan fingerprint density at radius 1 is 1.11 bits per heavy atom. The molecule has 2 aromatic carbocycles. The van der Waals surface area contributed by atoms with E-state index in [1.807, 2.05) is 36.4 Å². The van der Waals surface area contributed by atoms with Crippen LogP contribution in [0.5, 0.6) is 0 Å². The molecule has 4 rings (SSSR count). The molecule has 1 aliphatic heterocycles. The Morgan fingerprint density at radius 2 is 1.86 bits per heavy atom. The van der Waals surface area contributed by atoms with Gasteiger partial charge in [0.25, 0.3) is 5.91 Å². The third kappa shape index (κ3) is 3.01. The lowest BCUT2D eigenvalue weighted by molar-refractivity contribution is -0.131. The van der Waals surface area contributed by atoms with E-state index in [-0.39, 0.29) is 18.2 Å². The molecule has 0 bridgehead atoms. The first-order valence-corrected chi connectivity index (χ1v) is 9.90. The van der Waals surface area contributed by atoms with E-state index < -0.39 is 11.6 Å². The smallest absolute Gasteiger partial charge is 0.319 e. The number of fused-ring (bicyclic) bond motifs is 2. The van der Waals surface area contributed by atoms with Crippen LogP contribution in [-0.4, -0.2) is 29.2 Å². The minimum Gasteiger partial charge on any atom is -0.319 e. The molecule has 5 heteroatoms. The van der Waals surface area contributed by atoms with Crippen LogP contribution in [0, 0.1) is 0 Å². The van der Waals surface area contributed by atoms with Crippen LogP contribution in [0.1, 0.15) is 53.2 Å². The number of nitrogens with one attached hydrogen (secondary N) is 1. The molecule has 1 fully saturated rings. The molecule has 1 atom stereocenters. The van der Waals surface area contributed by atoms with Crippen LogP contribution < -0.4 is 5.32 Å². The summed E-state index contributed by atoms with van der Waals surface area (Å²) in [6, 6.07) is 14.7. The van der Waals surface area contributed by atoms with Gasteiger partial charge in [-0.25, -0.2) is 4.79 Å². The highest BCUT2D eigenvalue weighted by Gasteiger charge is 2.54. The Hall–Kier alpha value is -2.95. The van der Waals surface area contributed by atoms with E-state index >= 15 is 0 Å². The fourth-order valence-corrected chi connectivity index (χ4v) is 4.34. The Morgan fingerprint density at radius 3 is 2.61 bits per heavy atom. The molecule has 1 heterocycles. The summed E-state index contributed by atoms with van der Waals surface area (Å²) in [5, 5.41) is 2.89. The number of aryl methyl sites for hydroxylation is 2. The summed E-state index contributed by atoms with van der Waals surface area (Å²) < 4.78 is 0. The average molecular weight is 376 g/mol. The highest BCUT2D eigenvalue weighted by atomic mass is 16.2. The summed E-state index contributed by atoms with van der Waals surface area (Å²) in [5.41, 5.74) is 2.61. The molecule has 0 unspecified atom stereocenters. The van der Waals surface area contributed by atoms with Gasteiger partial charge in [-0.05, 0) is 42.4 Å². The second-order valence-corrected chi connectivity index (χ2v) is 7.61.